The lowest BCUT2D eigenvalue weighted by Gasteiger charge is -2.19. The van der Waals surface area contributed by atoms with Crippen LogP contribution in [-0.4, -0.2) is 23.3 Å². The van der Waals surface area contributed by atoms with Crippen LogP contribution in [0, 0.1) is 0 Å². The van der Waals surface area contributed by atoms with Crippen LogP contribution in [-0.2, 0) is 4.74 Å². The highest BCUT2D eigenvalue weighted by atomic mass is 16.5. The number of aromatic amines is 1. The fraction of sp³-hybridized carbons (Fsp3) is 0.120. The third-order valence-electron chi connectivity index (χ3n) is 4.93. The molecule has 0 spiro atoms. The maximum atomic E-state index is 13.6. The van der Waals surface area contributed by atoms with Crippen molar-refractivity contribution >= 4 is 28.3 Å². The van der Waals surface area contributed by atoms with E-state index in [1.54, 1.807) is 31.3 Å². The molecular formula is C25H22N2O3. The molecule has 4 aromatic rings. The number of fused-ring (bicyclic) bond motifs is 1. The second kappa shape index (κ2) is 8.66. The van der Waals surface area contributed by atoms with E-state index in [4.69, 9.17) is 4.74 Å². The fourth-order valence-electron chi connectivity index (χ4n) is 3.49. The molecule has 0 aliphatic rings. The van der Waals surface area contributed by atoms with Crippen LogP contribution in [0.25, 0.3) is 10.9 Å². The van der Waals surface area contributed by atoms with Crippen LogP contribution in [0.2, 0.25) is 0 Å². The van der Waals surface area contributed by atoms with Gasteiger partial charge in [0.15, 0.2) is 5.78 Å². The van der Waals surface area contributed by atoms with Crippen molar-refractivity contribution in [1.29, 1.82) is 0 Å². The standard InChI is InChI=1S/C25H22N2O3/c1-2-30-25(29)18-11-8-12-19(15-18)27-23(17-9-4-3-5-10-17)24(28)21-16-26-22-14-7-6-13-20(21)22/h3-16,23,26-27H,2H2,1H3. The number of aromatic nitrogens is 1. The van der Waals surface area contributed by atoms with Gasteiger partial charge in [-0.1, -0.05) is 54.6 Å². The molecule has 5 heteroatoms. The number of carbonyl (C=O) groups is 2. The smallest absolute Gasteiger partial charge is 0.338 e. The minimum absolute atomic E-state index is 0.0554. The predicted octanol–water partition coefficient (Wildman–Crippen LogP) is 5.38. The Bertz CT molecular complexity index is 1180. The SMILES string of the molecule is CCOC(=O)c1cccc(NC(C(=O)c2c[nH]c3ccccc23)c2ccccc2)c1. The summed E-state index contributed by atoms with van der Waals surface area (Å²) in [4.78, 5) is 28.8. The third kappa shape index (κ3) is 3.96. The number of H-pyrrole nitrogens is 1. The molecule has 5 nitrogen and oxygen atoms in total. The van der Waals surface area contributed by atoms with Gasteiger partial charge in [-0.25, -0.2) is 4.79 Å². The lowest BCUT2D eigenvalue weighted by Crippen LogP contribution is -2.21. The first kappa shape index (κ1) is 19.5. The number of anilines is 1. The summed E-state index contributed by atoms with van der Waals surface area (Å²) in [7, 11) is 0. The largest absolute Gasteiger partial charge is 0.462 e. The van der Waals surface area contributed by atoms with E-state index in [-0.39, 0.29) is 11.8 Å². The van der Waals surface area contributed by atoms with Crippen molar-refractivity contribution in [3.05, 3.63) is 102 Å². The van der Waals surface area contributed by atoms with E-state index in [0.29, 0.717) is 23.4 Å². The molecule has 1 atom stereocenters. The maximum Gasteiger partial charge on any atom is 0.338 e. The number of benzene rings is 3. The Balaban J connectivity index is 1.70. The Kier molecular flexibility index (Phi) is 5.61. The predicted molar refractivity (Wildman–Crippen MR) is 118 cm³/mol. The second-order valence-electron chi connectivity index (χ2n) is 6.90. The molecule has 1 heterocycles. The van der Waals surface area contributed by atoms with E-state index in [0.717, 1.165) is 16.5 Å². The minimum Gasteiger partial charge on any atom is -0.462 e. The van der Waals surface area contributed by atoms with Crippen molar-refractivity contribution in [2.45, 2.75) is 13.0 Å². The molecule has 30 heavy (non-hydrogen) atoms. The summed E-state index contributed by atoms with van der Waals surface area (Å²) in [5.74, 6) is -0.444. The summed E-state index contributed by atoms with van der Waals surface area (Å²) < 4.78 is 5.09. The fourth-order valence-corrected chi connectivity index (χ4v) is 3.49. The van der Waals surface area contributed by atoms with Gasteiger partial charge in [0.1, 0.15) is 6.04 Å². The van der Waals surface area contributed by atoms with E-state index in [9.17, 15) is 9.59 Å². The zero-order valence-corrected chi connectivity index (χ0v) is 16.6. The number of ketones is 1. The van der Waals surface area contributed by atoms with Crippen LogP contribution in [0.3, 0.4) is 0 Å². The summed E-state index contributed by atoms with van der Waals surface area (Å²) in [6.45, 7) is 2.08. The molecule has 0 saturated heterocycles. The summed E-state index contributed by atoms with van der Waals surface area (Å²) in [5, 5.41) is 4.19. The van der Waals surface area contributed by atoms with E-state index >= 15 is 0 Å². The van der Waals surface area contributed by atoms with Gasteiger partial charge in [-0.15, -0.1) is 0 Å². The average Bonchev–Trinajstić information content (AvgIpc) is 3.22. The van der Waals surface area contributed by atoms with E-state index in [2.05, 4.69) is 10.3 Å². The molecule has 0 aliphatic carbocycles. The number of Topliss-reactive ketones (excluding diaryl/α,β-unsaturated/α-hetero) is 1. The van der Waals surface area contributed by atoms with Gasteiger partial charge >= 0.3 is 5.97 Å². The van der Waals surface area contributed by atoms with E-state index in [1.807, 2.05) is 60.7 Å². The third-order valence-corrected chi connectivity index (χ3v) is 4.93. The number of rotatable bonds is 7. The molecule has 4 rings (SSSR count). The zero-order chi connectivity index (χ0) is 20.9. The number of nitrogens with one attached hydrogen (secondary N) is 2. The van der Waals surface area contributed by atoms with Gasteiger partial charge in [0.25, 0.3) is 0 Å². The van der Waals surface area contributed by atoms with Crippen LogP contribution in [0.4, 0.5) is 5.69 Å². The first-order valence-corrected chi connectivity index (χ1v) is 9.86. The summed E-state index contributed by atoms with van der Waals surface area (Å²) in [5.41, 5.74) is 3.48. The molecule has 0 radical (unpaired) electrons. The lowest BCUT2D eigenvalue weighted by molar-refractivity contribution is 0.0526. The van der Waals surface area contributed by atoms with Gasteiger partial charge in [0.05, 0.1) is 12.2 Å². The molecule has 2 N–H and O–H groups in total. The Morgan fingerprint density at radius 2 is 1.73 bits per heavy atom. The minimum atomic E-state index is -0.608. The second-order valence-corrected chi connectivity index (χ2v) is 6.90. The van der Waals surface area contributed by atoms with Crippen molar-refractivity contribution in [3.63, 3.8) is 0 Å². The average molecular weight is 398 g/mol. The first-order valence-electron chi connectivity index (χ1n) is 9.86. The summed E-state index contributed by atoms with van der Waals surface area (Å²) >= 11 is 0. The van der Waals surface area contributed by atoms with E-state index in [1.165, 1.54) is 0 Å². The Morgan fingerprint density at radius 3 is 2.53 bits per heavy atom. The number of hydrogen-bond donors (Lipinski definition) is 2. The molecule has 150 valence electrons. The number of para-hydroxylation sites is 1. The molecule has 0 aliphatic heterocycles. The number of carbonyl (C=O) groups excluding carboxylic acids is 2. The summed E-state index contributed by atoms with van der Waals surface area (Å²) in [6.07, 6.45) is 1.75. The Morgan fingerprint density at radius 1 is 0.967 bits per heavy atom. The monoisotopic (exact) mass is 398 g/mol. The highest BCUT2D eigenvalue weighted by Gasteiger charge is 2.24. The highest BCUT2D eigenvalue weighted by molar-refractivity contribution is 6.11. The van der Waals surface area contributed by atoms with Gasteiger partial charge in [-0.3, -0.25) is 4.79 Å². The molecule has 0 amide bonds. The summed E-state index contributed by atoms with van der Waals surface area (Å²) in [6, 6.07) is 23.7. The molecule has 1 aromatic heterocycles. The van der Waals surface area contributed by atoms with Gasteiger partial charge < -0.3 is 15.0 Å². The number of ether oxygens (including phenoxy) is 1. The molecule has 0 fully saturated rings. The van der Waals surface area contributed by atoms with Crippen molar-refractivity contribution in [3.8, 4) is 0 Å². The van der Waals surface area contributed by atoms with Crippen molar-refractivity contribution in [2.75, 3.05) is 11.9 Å². The molecular weight excluding hydrogens is 376 g/mol. The number of hydrogen-bond acceptors (Lipinski definition) is 4. The highest BCUT2D eigenvalue weighted by Crippen LogP contribution is 2.28. The zero-order valence-electron chi connectivity index (χ0n) is 16.6. The molecule has 0 bridgehead atoms. The molecule has 0 saturated carbocycles. The van der Waals surface area contributed by atoms with Crippen molar-refractivity contribution in [1.82, 2.24) is 4.98 Å². The molecule has 1 unspecified atom stereocenters. The van der Waals surface area contributed by atoms with Gasteiger partial charge in [0, 0.05) is 28.4 Å². The van der Waals surface area contributed by atoms with Crippen molar-refractivity contribution < 1.29 is 14.3 Å². The van der Waals surface area contributed by atoms with Crippen LogP contribution < -0.4 is 5.32 Å². The lowest BCUT2D eigenvalue weighted by atomic mass is 9.96. The number of esters is 1. The normalized spacial score (nSPS) is 11.8. The van der Waals surface area contributed by atoms with Crippen LogP contribution in [0.15, 0.2) is 85.1 Å². The van der Waals surface area contributed by atoms with Crippen LogP contribution in [0.1, 0.15) is 39.2 Å². The van der Waals surface area contributed by atoms with Crippen LogP contribution >= 0.6 is 0 Å². The first-order chi connectivity index (χ1) is 14.7. The van der Waals surface area contributed by atoms with Gasteiger partial charge in [-0.2, -0.15) is 0 Å². The van der Waals surface area contributed by atoms with Gasteiger partial charge in [-0.05, 0) is 36.8 Å². The molecule has 3 aromatic carbocycles. The quantitative estimate of drug-likeness (QED) is 0.324. The topological polar surface area (TPSA) is 71.2 Å². The van der Waals surface area contributed by atoms with Gasteiger partial charge in [0.2, 0.25) is 0 Å². The van der Waals surface area contributed by atoms with Crippen LogP contribution in [0.5, 0.6) is 0 Å². The Hall–Kier alpha value is -3.86. The maximum absolute atomic E-state index is 13.6. The van der Waals surface area contributed by atoms with E-state index < -0.39 is 6.04 Å². The van der Waals surface area contributed by atoms with Crippen molar-refractivity contribution in [2.24, 2.45) is 0 Å². The Labute approximate surface area is 174 Å².